The molecule has 0 aliphatic rings. The Morgan fingerprint density at radius 2 is 1.17 bits per heavy atom. The van der Waals surface area contributed by atoms with E-state index in [1.54, 1.807) is 24.3 Å². The van der Waals surface area contributed by atoms with Gasteiger partial charge in [0.05, 0.1) is 12.4 Å². The molecule has 176 valence electrons. The van der Waals surface area contributed by atoms with Crippen molar-refractivity contribution in [1.82, 2.24) is 4.90 Å². The maximum atomic E-state index is 13.2. The molecular weight excluding hydrogens is 457 g/mol. The van der Waals surface area contributed by atoms with Crippen LogP contribution in [0.5, 0.6) is 0 Å². The van der Waals surface area contributed by atoms with Gasteiger partial charge in [0.25, 0.3) is 0 Å². The van der Waals surface area contributed by atoms with Crippen molar-refractivity contribution in [1.29, 1.82) is 0 Å². The predicted octanol–water partition coefficient (Wildman–Crippen LogP) is 1.93. The van der Waals surface area contributed by atoms with Crippen molar-refractivity contribution in [2.45, 2.75) is 25.8 Å². The van der Waals surface area contributed by atoms with Crippen LogP contribution in [0.1, 0.15) is 33.5 Å². The van der Waals surface area contributed by atoms with Gasteiger partial charge >= 0.3 is 29.6 Å². The van der Waals surface area contributed by atoms with E-state index in [4.69, 9.17) is 0 Å². The standard InChI is InChI=1S/C31H29NO3.Na/c33-30(22-25-10-5-2-6-11-25)32(21-7-12-24-8-3-1-4-9-24)23-26-13-15-27(16-14-26)28-17-19-29(20-18-28)31(34)35;/h1-6,8-11,13-20H,7,12,21-23H2,(H,34,35);/q;+1/p-1. The van der Waals surface area contributed by atoms with Gasteiger partial charge in [-0.1, -0.05) is 109 Å². The van der Waals surface area contributed by atoms with Crippen LogP contribution in [0, 0.1) is 0 Å². The molecule has 5 heteroatoms. The van der Waals surface area contributed by atoms with Crippen molar-refractivity contribution < 1.29 is 44.3 Å². The van der Waals surface area contributed by atoms with Crippen LogP contribution in [0.15, 0.2) is 109 Å². The summed E-state index contributed by atoms with van der Waals surface area (Å²) in [6.45, 7) is 1.23. The van der Waals surface area contributed by atoms with Crippen molar-refractivity contribution >= 4 is 11.9 Å². The molecule has 0 saturated heterocycles. The summed E-state index contributed by atoms with van der Waals surface area (Å²) in [5.74, 6) is -1.06. The van der Waals surface area contributed by atoms with Crippen molar-refractivity contribution in [2.24, 2.45) is 0 Å². The Labute approximate surface area is 234 Å². The Balaban J connectivity index is 0.00000361. The van der Waals surface area contributed by atoms with Crippen LogP contribution in [-0.4, -0.2) is 23.3 Å². The summed E-state index contributed by atoms with van der Waals surface area (Å²) in [6, 6.07) is 34.9. The Kier molecular flexibility index (Phi) is 10.5. The van der Waals surface area contributed by atoms with E-state index in [-0.39, 0.29) is 41.0 Å². The summed E-state index contributed by atoms with van der Waals surface area (Å²) in [4.78, 5) is 26.1. The molecule has 4 aromatic rings. The van der Waals surface area contributed by atoms with E-state index in [1.165, 1.54) is 5.56 Å². The monoisotopic (exact) mass is 485 g/mol. The second-order valence-corrected chi connectivity index (χ2v) is 8.63. The molecule has 0 N–H and O–H groups in total. The number of benzene rings is 4. The molecule has 0 spiro atoms. The third-order valence-corrected chi connectivity index (χ3v) is 6.07. The molecular formula is C31H28NNaO3. The Morgan fingerprint density at radius 1 is 0.639 bits per heavy atom. The summed E-state index contributed by atoms with van der Waals surface area (Å²) in [6.07, 6.45) is 2.21. The predicted molar refractivity (Wildman–Crippen MR) is 137 cm³/mol. The third-order valence-electron chi connectivity index (χ3n) is 6.07. The van der Waals surface area contributed by atoms with Crippen molar-refractivity contribution in [2.75, 3.05) is 6.54 Å². The maximum absolute atomic E-state index is 13.2. The molecule has 0 radical (unpaired) electrons. The molecule has 0 unspecified atom stereocenters. The molecule has 4 aromatic carbocycles. The number of carbonyl (C=O) groups excluding carboxylic acids is 2. The number of hydrogen-bond donors (Lipinski definition) is 0. The van der Waals surface area contributed by atoms with Crippen LogP contribution in [0.2, 0.25) is 0 Å². The molecule has 36 heavy (non-hydrogen) atoms. The molecule has 0 aromatic heterocycles. The quantitative estimate of drug-likeness (QED) is 0.323. The number of hydrogen-bond acceptors (Lipinski definition) is 3. The minimum atomic E-state index is -1.18. The summed E-state index contributed by atoms with van der Waals surface area (Å²) >= 11 is 0. The Bertz CT molecular complexity index is 1240. The van der Waals surface area contributed by atoms with Gasteiger partial charge in [-0.3, -0.25) is 4.79 Å². The van der Waals surface area contributed by atoms with Gasteiger partial charge in [0.1, 0.15) is 0 Å². The zero-order chi connectivity index (χ0) is 24.5. The summed E-state index contributed by atoms with van der Waals surface area (Å²) in [7, 11) is 0. The van der Waals surface area contributed by atoms with Crippen LogP contribution in [0.25, 0.3) is 11.1 Å². The van der Waals surface area contributed by atoms with Crippen LogP contribution in [-0.2, 0) is 24.2 Å². The molecule has 0 saturated carbocycles. The second-order valence-electron chi connectivity index (χ2n) is 8.63. The van der Waals surface area contributed by atoms with Crippen molar-refractivity contribution in [3.63, 3.8) is 0 Å². The van der Waals surface area contributed by atoms with Gasteiger partial charge in [-0.2, -0.15) is 0 Å². The first-order valence-electron chi connectivity index (χ1n) is 11.8. The van der Waals surface area contributed by atoms with E-state index < -0.39 is 5.97 Å². The summed E-state index contributed by atoms with van der Waals surface area (Å²) < 4.78 is 0. The van der Waals surface area contributed by atoms with Crippen LogP contribution < -0.4 is 34.7 Å². The first-order chi connectivity index (χ1) is 17.1. The number of rotatable bonds is 10. The number of carboxylic acid groups (broad SMARTS) is 1. The fourth-order valence-corrected chi connectivity index (χ4v) is 4.11. The molecule has 0 aliphatic heterocycles. The van der Waals surface area contributed by atoms with E-state index in [1.807, 2.05) is 77.7 Å². The minimum Gasteiger partial charge on any atom is -0.545 e. The minimum absolute atomic E-state index is 0. The Hall–Kier alpha value is -3.18. The van der Waals surface area contributed by atoms with Gasteiger partial charge in [0.15, 0.2) is 0 Å². The van der Waals surface area contributed by atoms with E-state index in [0.29, 0.717) is 19.5 Å². The third kappa shape index (κ3) is 7.92. The van der Waals surface area contributed by atoms with Gasteiger partial charge in [0, 0.05) is 13.1 Å². The van der Waals surface area contributed by atoms with E-state index >= 15 is 0 Å². The van der Waals surface area contributed by atoms with Gasteiger partial charge in [-0.25, -0.2) is 0 Å². The largest absolute Gasteiger partial charge is 1.00 e. The van der Waals surface area contributed by atoms with E-state index in [9.17, 15) is 14.7 Å². The van der Waals surface area contributed by atoms with Crippen LogP contribution >= 0.6 is 0 Å². The average Bonchev–Trinajstić information content (AvgIpc) is 2.90. The second kappa shape index (κ2) is 13.8. The molecule has 0 bridgehead atoms. The van der Waals surface area contributed by atoms with Crippen molar-refractivity contribution in [3.05, 3.63) is 131 Å². The van der Waals surface area contributed by atoms with Crippen LogP contribution in [0.4, 0.5) is 0 Å². The number of carbonyl (C=O) groups is 2. The fourth-order valence-electron chi connectivity index (χ4n) is 4.11. The first-order valence-corrected chi connectivity index (χ1v) is 11.8. The SMILES string of the molecule is O=C([O-])c1ccc(-c2ccc(CN(CCCc3ccccc3)C(=O)Cc3ccccc3)cc2)cc1.[Na+]. The number of aromatic carboxylic acids is 1. The molecule has 0 atom stereocenters. The molecule has 0 aliphatic carbocycles. The number of nitrogens with zero attached hydrogens (tertiary/aromatic N) is 1. The number of aryl methyl sites for hydroxylation is 1. The van der Waals surface area contributed by atoms with Crippen LogP contribution in [0.3, 0.4) is 0 Å². The first kappa shape index (κ1) is 27.4. The zero-order valence-corrected chi connectivity index (χ0v) is 22.6. The maximum Gasteiger partial charge on any atom is 1.00 e. The van der Waals surface area contributed by atoms with Gasteiger partial charge in [-0.05, 0) is 46.2 Å². The molecule has 0 fully saturated rings. The molecule has 4 nitrogen and oxygen atoms in total. The fraction of sp³-hybridized carbons (Fsp3) is 0.161. The zero-order valence-electron chi connectivity index (χ0n) is 20.6. The van der Waals surface area contributed by atoms with Gasteiger partial charge in [0.2, 0.25) is 5.91 Å². The van der Waals surface area contributed by atoms with E-state index in [0.717, 1.165) is 35.1 Å². The molecule has 1 amide bonds. The molecule has 0 heterocycles. The normalized spacial score (nSPS) is 10.3. The van der Waals surface area contributed by atoms with Gasteiger partial charge < -0.3 is 14.8 Å². The smallest absolute Gasteiger partial charge is 0.545 e. The van der Waals surface area contributed by atoms with E-state index in [2.05, 4.69) is 12.1 Å². The van der Waals surface area contributed by atoms with Crippen molar-refractivity contribution in [3.8, 4) is 11.1 Å². The number of amides is 1. The summed E-state index contributed by atoms with van der Waals surface area (Å²) in [5, 5.41) is 11.0. The number of carboxylic acids is 1. The average molecular weight is 486 g/mol. The Morgan fingerprint density at radius 3 is 1.72 bits per heavy atom. The van der Waals surface area contributed by atoms with Gasteiger partial charge in [-0.15, -0.1) is 0 Å². The summed E-state index contributed by atoms with van der Waals surface area (Å²) in [5.41, 5.74) is 5.43. The molecule has 4 rings (SSSR count). The topological polar surface area (TPSA) is 60.4 Å².